The molecule has 0 heterocycles. The Morgan fingerprint density at radius 1 is 0.975 bits per heavy atom. The fourth-order valence-corrected chi connectivity index (χ4v) is 5.94. The minimum atomic E-state index is -4.18. The topological polar surface area (TPSA) is 96.0 Å². The summed E-state index contributed by atoms with van der Waals surface area (Å²) in [4.78, 5) is 28.8. The largest absolute Gasteiger partial charge is 0.497 e. The fraction of sp³-hybridized carbons (Fsp3) is 0.333. The van der Waals surface area contributed by atoms with Gasteiger partial charge in [0.1, 0.15) is 18.3 Å². The van der Waals surface area contributed by atoms with Crippen LogP contribution in [0.5, 0.6) is 5.75 Å². The summed E-state index contributed by atoms with van der Waals surface area (Å²) in [7, 11) is -2.63. The van der Waals surface area contributed by atoms with Crippen molar-refractivity contribution >= 4 is 39.1 Å². The molecule has 1 unspecified atom stereocenters. The predicted octanol–water partition coefficient (Wildman–Crippen LogP) is 5.12. The molecule has 0 radical (unpaired) electrons. The molecule has 0 aliphatic rings. The molecule has 2 amide bonds. The number of carbonyl (C=O) groups excluding carboxylic acids is 2. The van der Waals surface area contributed by atoms with Gasteiger partial charge >= 0.3 is 0 Å². The van der Waals surface area contributed by atoms with E-state index in [1.807, 2.05) is 26.8 Å². The highest BCUT2D eigenvalue weighted by molar-refractivity contribution is 7.92. The smallest absolute Gasteiger partial charge is 0.264 e. The Balaban J connectivity index is 2.06. The number of methoxy groups -OCH3 is 1. The van der Waals surface area contributed by atoms with E-state index in [-0.39, 0.29) is 34.0 Å². The van der Waals surface area contributed by atoms with Gasteiger partial charge in [-0.25, -0.2) is 8.42 Å². The van der Waals surface area contributed by atoms with Gasteiger partial charge in [-0.05, 0) is 54.3 Å². The maximum Gasteiger partial charge on any atom is 0.264 e. The molecule has 0 fully saturated rings. The van der Waals surface area contributed by atoms with Crippen LogP contribution >= 0.6 is 11.6 Å². The molecule has 3 rings (SSSR count). The van der Waals surface area contributed by atoms with Crippen LogP contribution in [0.15, 0.2) is 83.8 Å². The maximum atomic E-state index is 14.1. The normalized spacial score (nSPS) is 12.1. The molecule has 40 heavy (non-hydrogen) atoms. The maximum absolute atomic E-state index is 14.1. The lowest BCUT2D eigenvalue weighted by Crippen LogP contribution is -2.52. The second-order valence-corrected chi connectivity index (χ2v) is 12.0. The van der Waals surface area contributed by atoms with Crippen LogP contribution in [0.25, 0.3) is 0 Å². The van der Waals surface area contributed by atoms with Gasteiger partial charge in [0, 0.05) is 13.1 Å². The first-order chi connectivity index (χ1) is 19.1. The molecule has 0 bridgehead atoms. The van der Waals surface area contributed by atoms with Crippen molar-refractivity contribution in [1.82, 2.24) is 10.2 Å². The van der Waals surface area contributed by atoms with Gasteiger partial charge in [0.2, 0.25) is 11.8 Å². The van der Waals surface area contributed by atoms with Gasteiger partial charge in [0.15, 0.2) is 0 Å². The predicted molar refractivity (Wildman–Crippen MR) is 158 cm³/mol. The Morgan fingerprint density at radius 2 is 1.65 bits per heavy atom. The summed E-state index contributed by atoms with van der Waals surface area (Å²) in [5.74, 6) is -0.0290. The minimum Gasteiger partial charge on any atom is -0.497 e. The molecule has 0 spiro atoms. The Labute approximate surface area is 241 Å². The molecular formula is C30H36ClN3O5S. The molecule has 0 saturated heterocycles. The molecule has 3 aromatic carbocycles. The number of anilines is 1. The van der Waals surface area contributed by atoms with E-state index in [2.05, 4.69) is 5.32 Å². The Hall–Kier alpha value is -3.56. The van der Waals surface area contributed by atoms with Crippen molar-refractivity contribution < 1.29 is 22.7 Å². The molecule has 8 nitrogen and oxygen atoms in total. The lowest BCUT2D eigenvalue weighted by molar-refractivity contribution is -0.140. The first kappa shape index (κ1) is 31.0. The van der Waals surface area contributed by atoms with E-state index >= 15 is 0 Å². The number of benzene rings is 3. The lowest BCUT2D eigenvalue weighted by Gasteiger charge is -2.33. The van der Waals surface area contributed by atoms with Gasteiger partial charge in [0.05, 0.1) is 22.7 Å². The Morgan fingerprint density at radius 3 is 2.27 bits per heavy atom. The SMILES string of the molecule is CCC(C(=O)NCC(C)C)N(Cc1cccc(OC)c1)C(=O)CN(c1ccccc1Cl)S(=O)(=O)c1ccccc1. The first-order valence-corrected chi connectivity index (χ1v) is 14.9. The third-order valence-electron chi connectivity index (χ3n) is 6.29. The lowest BCUT2D eigenvalue weighted by atomic mass is 10.1. The number of rotatable bonds is 13. The van der Waals surface area contributed by atoms with Crippen molar-refractivity contribution in [3.05, 3.63) is 89.4 Å². The number of carbonyl (C=O) groups is 2. The van der Waals surface area contributed by atoms with Gasteiger partial charge < -0.3 is 15.0 Å². The number of para-hydroxylation sites is 1. The van der Waals surface area contributed by atoms with Crippen molar-refractivity contribution in [1.29, 1.82) is 0 Å². The number of halogens is 1. The number of ether oxygens (including phenoxy) is 1. The fourth-order valence-electron chi connectivity index (χ4n) is 4.20. The number of nitrogens with one attached hydrogen (secondary N) is 1. The average Bonchev–Trinajstić information content (AvgIpc) is 2.95. The Kier molecular flexibility index (Phi) is 11.0. The zero-order chi connectivity index (χ0) is 29.3. The van der Waals surface area contributed by atoms with E-state index < -0.39 is 28.5 Å². The van der Waals surface area contributed by atoms with Gasteiger partial charge in [-0.15, -0.1) is 0 Å². The summed E-state index contributed by atoms with van der Waals surface area (Å²) in [6.07, 6.45) is 0.331. The molecule has 214 valence electrons. The van der Waals surface area contributed by atoms with Crippen LogP contribution in [0.1, 0.15) is 32.8 Å². The molecular weight excluding hydrogens is 550 g/mol. The van der Waals surface area contributed by atoms with E-state index in [0.29, 0.717) is 18.7 Å². The molecule has 1 N–H and O–H groups in total. The number of amides is 2. The molecule has 0 saturated carbocycles. The van der Waals surface area contributed by atoms with Gasteiger partial charge in [0.25, 0.3) is 10.0 Å². The third-order valence-corrected chi connectivity index (χ3v) is 8.38. The Bertz CT molecular complexity index is 1400. The summed E-state index contributed by atoms with van der Waals surface area (Å²) < 4.78 is 34.0. The quantitative estimate of drug-likeness (QED) is 0.300. The second kappa shape index (κ2) is 14.2. The number of hydrogen-bond acceptors (Lipinski definition) is 5. The zero-order valence-electron chi connectivity index (χ0n) is 23.2. The molecule has 0 aromatic heterocycles. The molecule has 10 heteroatoms. The monoisotopic (exact) mass is 585 g/mol. The second-order valence-electron chi connectivity index (χ2n) is 9.71. The molecule has 0 aliphatic carbocycles. The highest BCUT2D eigenvalue weighted by Gasteiger charge is 2.34. The van der Waals surface area contributed by atoms with Crippen molar-refractivity contribution in [2.45, 2.75) is 44.7 Å². The third kappa shape index (κ3) is 7.76. The van der Waals surface area contributed by atoms with Crippen molar-refractivity contribution in [3.63, 3.8) is 0 Å². The molecule has 0 aliphatic heterocycles. The van der Waals surface area contributed by atoms with Crippen molar-refractivity contribution in [3.8, 4) is 5.75 Å². The minimum absolute atomic E-state index is 0.0174. The van der Waals surface area contributed by atoms with Crippen LogP contribution in [0.3, 0.4) is 0 Å². The van der Waals surface area contributed by atoms with E-state index in [9.17, 15) is 18.0 Å². The standard InChI is InChI=1S/C30H36ClN3O5S/c1-5-27(30(36)32-19-22(2)3)33(20-23-12-11-13-24(18-23)39-4)29(35)21-34(28-17-10-9-16-26(28)31)40(37,38)25-14-7-6-8-15-25/h6-18,22,27H,5,19-21H2,1-4H3,(H,32,36). The van der Waals surface area contributed by atoms with Gasteiger partial charge in [-0.2, -0.15) is 0 Å². The van der Waals surface area contributed by atoms with Crippen LogP contribution in [0.2, 0.25) is 5.02 Å². The highest BCUT2D eigenvalue weighted by atomic mass is 35.5. The average molecular weight is 586 g/mol. The summed E-state index contributed by atoms with van der Waals surface area (Å²) in [6, 6.07) is 20.7. The van der Waals surface area contributed by atoms with Crippen LogP contribution in [0.4, 0.5) is 5.69 Å². The highest BCUT2D eigenvalue weighted by Crippen LogP contribution is 2.31. The van der Waals surface area contributed by atoms with Gasteiger partial charge in [-0.1, -0.05) is 74.8 Å². The number of sulfonamides is 1. The number of nitrogens with zero attached hydrogens (tertiary/aromatic N) is 2. The number of hydrogen-bond donors (Lipinski definition) is 1. The summed E-state index contributed by atoms with van der Waals surface area (Å²) in [5, 5.41) is 3.09. The van der Waals surface area contributed by atoms with Crippen molar-refractivity contribution in [2.75, 3.05) is 24.5 Å². The van der Waals surface area contributed by atoms with E-state index in [0.717, 1.165) is 9.87 Å². The van der Waals surface area contributed by atoms with E-state index in [1.165, 1.54) is 17.0 Å². The van der Waals surface area contributed by atoms with E-state index in [1.54, 1.807) is 67.8 Å². The summed E-state index contributed by atoms with van der Waals surface area (Å²) in [5.41, 5.74) is 0.901. The molecule has 1 atom stereocenters. The summed E-state index contributed by atoms with van der Waals surface area (Å²) >= 11 is 6.44. The molecule has 3 aromatic rings. The summed E-state index contributed by atoms with van der Waals surface area (Å²) in [6.45, 7) is 5.75. The van der Waals surface area contributed by atoms with Crippen LogP contribution in [0, 0.1) is 5.92 Å². The van der Waals surface area contributed by atoms with Crippen molar-refractivity contribution in [2.24, 2.45) is 5.92 Å². The van der Waals surface area contributed by atoms with Crippen LogP contribution in [-0.4, -0.2) is 51.4 Å². The van der Waals surface area contributed by atoms with Crippen LogP contribution in [-0.2, 0) is 26.2 Å². The van der Waals surface area contributed by atoms with Crippen LogP contribution < -0.4 is 14.4 Å². The van der Waals surface area contributed by atoms with Gasteiger partial charge in [-0.3, -0.25) is 13.9 Å². The van der Waals surface area contributed by atoms with E-state index in [4.69, 9.17) is 16.3 Å². The zero-order valence-corrected chi connectivity index (χ0v) is 24.8. The first-order valence-electron chi connectivity index (χ1n) is 13.1.